The van der Waals surface area contributed by atoms with Crippen LogP contribution in [0.25, 0.3) is 0 Å². The zero-order valence-electron chi connectivity index (χ0n) is 20.0. The summed E-state index contributed by atoms with van der Waals surface area (Å²) >= 11 is 0. The van der Waals surface area contributed by atoms with E-state index in [2.05, 4.69) is 10.3 Å². The third kappa shape index (κ3) is 7.41. The van der Waals surface area contributed by atoms with Crippen molar-refractivity contribution in [3.63, 3.8) is 0 Å². The van der Waals surface area contributed by atoms with Gasteiger partial charge in [-0.2, -0.15) is 0 Å². The smallest absolute Gasteiger partial charge is 0.331 e. The van der Waals surface area contributed by atoms with Crippen LogP contribution < -0.4 is 14.8 Å². The molecule has 1 aromatic heterocycles. The van der Waals surface area contributed by atoms with Gasteiger partial charge in [-0.1, -0.05) is 30.3 Å². The van der Waals surface area contributed by atoms with Gasteiger partial charge in [-0.25, -0.2) is 9.78 Å². The first-order valence-electron chi connectivity index (χ1n) is 11.3. The Bertz CT molecular complexity index is 1010. The SMILES string of the molecule is COc1ccnc(C(=O)N[C@H]2COCC[C@@H](Cc3ccccc3)[C@H](C)OC2=O)c1OCOC(C)=O. The molecule has 10 heteroatoms. The molecule has 0 spiro atoms. The molecule has 1 aromatic carbocycles. The second kappa shape index (κ2) is 12.7. The zero-order chi connectivity index (χ0) is 25.2. The highest BCUT2D eigenvalue weighted by molar-refractivity contribution is 5.98. The van der Waals surface area contributed by atoms with Gasteiger partial charge in [-0.05, 0) is 25.3 Å². The minimum atomic E-state index is -1.05. The molecular formula is C25H30N2O8. The molecule has 0 aliphatic carbocycles. The van der Waals surface area contributed by atoms with E-state index in [9.17, 15) is 14.4 Å². The molecule has 3 rings (SSSR count). The van der Waals surface area contributed by atoms with E-state index in [0.29, 0.717) is 13.0 Å². The number of nitrogens with one attached hydrogen (secondary N) is 1. The van der Waals surface area contributed by atoms with E-state index in [1.54, 1.807) is 0 Å². The van der Waals surface area contributed by atoms with Crippen molar-refractivity contribution >= 4 is 17.8 Å². The number of hydrogen-bond donors (Lipinski definition) is 1. The number of ether oxygens (including phenoxy) is 5. The maximum Gasteiger partial charge on any atom is 0.331 e. The monoisotopic (exact) mass is 486 g/mol. The molecule has 0 saturated carbocycles. The Kier molecular flexibility index (Phi) is 9.42. The highest BCUT2D eigenvalue weighted by Gasteiger charge is 2.31. The lowest BCUT2D eigenvalue weighted by atomic mass is 9.92. The molecule has 0 bridgehead atoms. The van der Waals surface area contributed by atoms with Crippen LogP contribution in [0, 0.1) is 5.92 Å². The summed E-state index contributed by atoms with van der Waals surface area (Å²) in [6, 6.07) is 10.4. The van der Waals surface area contributed by atoms with Gasteiger partial charge in [0.05, 0.1) is 13.7 Å². The van der Waals surface area contributed by atoms with Gasteiger partial charge in [0.15, 0.2) is 23.2 Å². The average molecular weight is 487 g/mol. The van der Waals surface area contributed by atoms with Crippen LogP contribution in [-0.2, 0) is 30.2 Å². The van der Waals surface area contributed by atoms with Crippen molar-refractivity contribution in [2.75, 3.05) is 27.1 Å². The van der Waals surface area contributed by atoms with E-state index in [-0.39, 0.29) is 35.8 Å². The molecule has 1 fully saturated rings. The van der Waals surface area contributed by atoms with Crippen LogP contribution >= 0.6 is 0 Å². The van der Waals surface area contributed by atoms with Crippen molar-refractivity contribution in [1.82, 2.24) is 10.3 Å². The van der Waals surface area contributed by atoms with Crippen molar-refractivity contribution in [3.8, 4) is 11.5 Å². The molecule has 1 saturated heterocycles. The van der Waals surface area contributed by atoms with E-state index < -0.39 is 30.7 Å². The summed E-state index contributed by atoms with van der Waals surface area (Å²) in [6.45, 7) is 3.00. The molecule has 1 amide bonds. The Labute approximate surface area is 203 Å². The molecule has 35 heavy (non-hydrogen) atoms. The minimum absolute atomic E-state index is 0.0256. The zero-order valence-corrected chi connectivity index (χ0v) is 20.0. The lowest BCUT2D eigenvalue weighted by Crippen LogP contribution is -2.46. The van der Waals surface area contributed by atoms with Crippen molar-refractivity contribution in [2.24, 2.45) is 5.92 Å². The predicted octanol–water partition coefficient (Wildman–Crippen LogP) is 2.30. The van der Waals surface area contributed by atoms with Gasteiger partial charge in [0.25, 0.3) is 5.91 Å². The van der Waals surface area contributed by atoms with Gasteiger partial charge in [-0.15, -0.1) is 0 Å². The number of amides is 1. The summed E-state index contributed by atoms with van der Waals surface area (Å²) in [4.78, 5) is 41.0. The molecule has 2 heterocycles. The first-order valence-corrected chi connectivity index (χ1v) is 11.3. The van der Waals surface area contributed by atoms with E-state index in [1.807, 2.05) is 37.3 Å². The van der Waals surface area contributed by atoms with Crippen LogP contribution in [0.1, 0.15) is 36.3 Å². The number of carbonyl (C=O) groups excluding carboxylic acids is 3. The topological polar surface area (TPSA) is 122 Å². The van der Waals surface area contributed by atoms with Crippen LogP contribution in [0.2, 0.25) is 0 Å². The minimum Gasteiger partial charge on any atom is -0.493 e. The summed E-state index contributed by atoms with van der Waals surface area (Å²) in [7, 11) is 1.40. The van der Waals surface area contributed by atoms with Crippen molar-refractivity contribution < 1.29 is 38.1 Å². The van der Waals surface area contributed by atoms with E-state index in [4.69, 9.17) is 23.7 Å². The first kappa shape index (κ1) is 26.0. The van der Waals surface area contributed by atoms with Gasteiger partial charge in [0.2, 0.25) is 6.79 Å². The van der Waals surface area contributed by atoms with Crippen LogP contribution in [0.15, 0.2) is 42.6 Å². The van der Waals surface area contributed by atoms with E-state index in [1.165, 1.54) is 26.3 Å². The van der Waals surface area contributed by atoms with Gasteiger partial charge >= 0.3 is 11.9 Å². The van der Waals surface area contributed by atoms with E-state index >= 15 is 0 Å². The Morgan fingerprint density at radius 3 is 2.69 bits per heavy atom. The van der Waals surface area contributed by atoms with Crippen molar-refractivity contribution in [2.45, 2.75) is 38.8 Å². The lowest BCUT2D eigenvalue weighted by molar-refractivity contribution is -0.153. The maximum absolute atomic E-state index is 13.0. The summed E-state index contributed by atoms with van der Waals surface area (Å²) in [6.07, 6.45) is 2.43. The van der Waals surface area contributed by atoms with Gasteiger partial charge in [-0.3, -0.25) is 9.59 Å². The number of esters is 2. The largest absolute Gasteiger partial charge is 0.493 e. The molecule has 188 valence electrons. The molecule has 10 nitrogen and oxygen atoms in total. The van der Waals surface area contributed by atoms with Crippen LogP contribution in [0.4, 0.5) is 0 Å². The lowest BCUT2D eigenvalue weighted by Gasteiger charge is -2.24. The summed E-state index contributed by atoms with van der Waals surface area (Å²) < 4.78 is 26.8. The normalized spacial score (nSPS) is 20.4. The highest BCUT2D eigenvalue weighted by atomic mass is 16.7. The number of rotatable bonds is 8. The van der Waals surface area contributed by atoms with E-state index in [0.717, 1.165) is 12.0 Å². The molecule has 3 atom stereocenters. The Morgan fingerprint density at radius 2 is 1.97 bits per heavy atom. The molecule has 1 aliphatic rings. The van der Waals surface area contributed by atoms with Crippen molar-refractivity contribution in [1.29, 1.82) is 0 Å². The number of pyridine rings is 1. The second-order valence-corrected chi connectivity index (χ2v) is 8.07. The number of nitrogens with zero attached hydrogens (tertiary/aromatic N) is 1. The molecule has 0 unspecified atom stereocenters. The van der Waals surface area contributed by atoms with Crippen LogP contribution in [0.3, 0.4) is 0 Å². The van der Waals surface area contributed by atoms with Gasteiger partial charge < -0.3 is 29.0 Å². The number of cyclic esters (lactones) is 1. The molecule has 1 N–H and O–H groups in total. The standard InChI is InChI=1S/C25H30N2O8/c1-16-19(13-18-7-5-4-6-8-18)10-12-32-14-20(25(30)35-16)27-24(29)22-23(34-15-33-17(2)28)21(31-3)9-11-26-22/h4-9,11,16,19-20H,10,12-15H2,1-3H3,(H,27,29)/t16-,19-,20-/m0/s1. The molecular weight excluding hydrogens is 456 g/mol. The molecule has 0 radical (unpaired) electrons. The van der Waals surface area contributed by atoms with Gasteiger partial charge in [0.1, 0.15) is 6.10 Å². The number of aromatic nitrogens is 1. The van der Waals surface area contributed by atoms with Crippen molar-refractivity contribution in [3.05, 3.63) is 53.9 Å². The summed E-state index contributed by atoms with van der Waals surface area (Å²) in [5, 5.41) is 2.61. The average Bonchev–Trinajstić information content (AvgIpc) is 2.90. The fourth-order valence-corrected chi connectivity index (χ4v) is 3.68. The Hall–Kier alpha value is -3.66. The molecule has 1 aliphatic heterocycles. The second-order valence-electron chi connectivity index (χ2n) is 8.07. The summed E-state index contributed by atoms with van der Waals surface area (Å²) in [5.41, 5.74) is 1.01. The fourth-order valence-electron chi connectivity index (χ4n) is 3.68. The third-order valence-corrected chi connectivity index (χ3v) is 5.58. The number of methoxy groups -OCH3 is 1. The quantitative estimate of drug-likeness (QED) is 0.442. The summed E-state index contributed by atoms with van der Waals surface area (Å²) in [5.74, 6) is -1.59. The molecule has 2 aromatic rings. The number of hydrogen-bond acceptors (Lipinski definition) is 9. The predicted molar refractivity (Wildman–Crippen MR) is 124 cm³/mol. The first-order chi connectivity index (χ1) is 16.9. The van der Waals surface area contributed by atoms with Crippen LogP contribution in [0.5, 0.6) is 11.5 Å². The Balaban J connectivity index is 1.70. The Morgan fingerprint density at radius 1 is 1.20 bits per heavy atom. The number of benzene rings is 1. The number of carbonyl (C=O) groups is 3. The van der Waals surface area contributed by atoms with Gasteiger partial charge in [0, 0.05) is 31.7 Å². The highest BCUT2D eigenvalue weighted by Crippen LogP contribution is 2.29. The maximum atomic E-state index is 13.0. The third-order valence-electron chi connectivity index (χ3n) is 5.58. The van der Waals surface area contributed by atoms with Crippen LogP contribution in [-0.4, -0.2) is 62.1 Å². The fraction of sp³-hybridized carbons (Fsp3) is 0.440.